The average molecular weight is 311 g/mol. The Morgan fingerprint density at radius 2 is 1.65 bits per heavy atom. The molecular weight excluding hydrogens is 302 g/mol. The third-order valence-corrected chi connectivity index (χ3v) is 3.88. The number of rotatable bonds is 2. The van der Waals surface area contributed by atoms with Gasteiger partial charge in [0, 0.05) is 0 Å². The maximum absolute atomic E-state index is 13.5. The second-order valence-electron chi connectivity index (χ2n) is 4.42. The van der Waals surface area contributed by atoms with Crippen LogP contribution in [0.4, 0.5) is 4.39 Å². The van der Waals surface area contributed by atoms with Crippen molar-refractivity contribution in [3.63, 3.8) is 0 Å². The molecule has 3 aromatic rings. The Kier molecular flexibility index (Phi) is 3.28. The molecule has 0 fully saturated rings. The summed E-state index contributed by atoms with van der Waals surface area (Å²) in [4.78, 5) is 16.5. The summed E-state index contributed by atoms with van der Waals surface area (Å²) in [5.41, 5.74) is 2.44. The summed E-state index contributed by atoms with van der Waals surface area (Å²) in [6.07, 6.45) is 0. The smallest absolute Gasteiger partial charge is 0.306 e. The number of benzene rings is 2. The van der Waals surface area contributed by atoms with E-state index in [1.165, 1.54) is 12.1 Å². The fraction of sp³-hybridized carbons (Fsp3) is 0.0714. The Hall–Kier alpha value is -1.78. The first-order valence-electron chi connectivity index (χ1n) is 5.85. The van der Waals surface area contributed by atoms with E-state index >= 15 is 0 Å². The summed E-state index contributed by atoms with van der Waals surface area (Å²) < 4.78 is 13.5. The van der Waals surface area contributed by atoms with Crippen LogP contribution in [0.15, 0.2) is 41.2 Å². The standard InChI is InChI=1S/C14H9Cl2FN2O/c15-9-3-1-7(5-10(9)17)13(16)8-2-4-11-12(6-8)19-14(20)18-11/h1-6,13H,(H2,18,19,20). The van der Waals surface area contributed by atoms with E-state index in [1.54, 1.807) is 24.3 Å². The van der Waals surface area contributed by atoms with Crippen LogP contribution >= 0.6 is 23.2 Å². The lowest BCUT2D eigenvalue weighted by Gasteiger charge is -2.11. The first-order chi connectivity index (χ1) is 9.54. The molecule has 2 N–H and O–H groups in total. The molecule has 0 aliphatic heterocycles. The van der Waals surface area contributed by atoms with Gasteiger partial charge in [-0.05, 0) is 35.4 Å². The zero-order valence-electron chi connectivity index (χ0n) is 10.1. The number of hydrogen-bond acceptors (Lipinski definition) is 1. The van der Waals surface area contributed by atoms with Gasteiger partial charge in [0.1, 0.15) is 5.82 Å². The molecule has 0 spiro atoms. The van der Waals surface area contributed by atoms with E-state index in [2.05, 4.69) is 9.97 Å². The molecule has 6 heteroatoms. The maximum atomic E-state index is 13.5. The molecule has 20 heavy (non-hydrogen) atoms. The quantitative estimate of drug-likeness (QED) is 0.691. The number of halogens is 3. The van der Waals surface area contributed by atoms with E-state index in [0.29, 0.717) is 16.6 Å². The molecule has 1 atom stereocenters. The molecule has 2 aromatic carbocycles. The Balaban J connectivity index is 2.04. The molecule has 0 saturated carbocycles. The zero-order chi connectivity index (χ0) is 14.3. The first kappa shape index (κ1) is 13.2. The van der Waals surface area contributed by atoms with E-state index in [4.69, 9.17) is 23.2 Å². The van der Waals surface area contributed by atoms with Crippen molar-refractivity contribution in [2.75, 3.05) is 0 Å². The Morgan fingerprint density at radius 1 is 1.00 bits per heavy atom. The molecule has 102 valence electrons. The highest BCUT2D eigenvalue weighted by atomic mass is 35.5. The molecule has 1 heterocycles. The van der Waals surface area contributed by atoms with Gasteiger partial charge in [0.05, 0.1) is 21.4 Å². The first-order valence-corrected chi connectivity index (χ1v) is 6.67. The summed E-state index contributed by atoms with van der Waals surface area (Å²) in [5, 5.41) is -0.465. The lowest BCUT2D eigenvalue weighted by molar-refractivity contribution is 0.626. The highest BCUT2D eigenvalue weighted by molar-refractivity contribution is 6.30. The van der Waals surface area contributed by atoms with E-state index in [9.17, 15) is 9.18 Å². The minimum absolute atomic E-state index is 0.0584. The predicted molar refractivity (Wildman–Crippen MR) is 78.0 cm³/mol. The van der Waals surface area contributed by atoms with E-state index in [-0.39, 0.29) is 10.7 Å². The van der Waals surface area contributed by atoms with Gasteiger partial charge in [0.25, 0.3) is 0 Å². The minimum Gasteiger partial charge on any atom is -0.306 e. The zero-order valence-corrected chi connectivity index (χ0v) is 11.6. The van der Waals surface area contributed by atoms with Gasteiger partial charge in [-0.25, -0.2) is 9.18 Å². The van der Waals surface area contributed by atoms with Crippen molar-refractivity contribution >= 4 is 34.2 Å². The molecule has 3 rings (SSSR count). The Bertz CT molecular complexity index is 841. The SMILES string of the molecule is O=c1[nH]c2ccc(C(Cl)c3ccc(Cl)c(F)c3)cc2[nH]1. The van der Waals surface area contributed by atoms with Gasteiger partial charge in [0.15, 0.2) is 0 Å². The lowest BCUT2D eigenvalue weighted by atomic mass is 10.0. The van der Waals surface area contributed by atoms with Gasteiger partial charge in [-0.3, -0.25) is 0 Å². The van der Waals surface area contributed by atoms with Crippen LogP contribution in [0.5, 0.6) is 0 Å². The van der Waals surface area contributed by atoms with Crippen molar-refractivity contribution in [2.24, 2.45) is 0 Å². The molecule has 0 aliphatic rings. The summed E-state index contributed by atoms with van der Waals surface area (Å²) in [5.74, 6) is -0.508. The second-order valence-corrected chi connectivity index (χ2v) is 5.26. The number of fused-ring (bicyclic) bond motifs is 1. The summed E-state index contributed by atoms with van der Waals surface area (Å²) in [7, 11) is 0. The van der Waals surface area contributed by atoms with Crippen molar-refractivity contribution in [1.29, 1.82) is 0 Å². The fourth-order valence-electron chi connectivity index (χ4n) is 2.07. The van der Waals surface area contributed by atoms with Crippen LogP contribution in [0.25, 0.3) is 11.0 Å². The second kappa shape index (κ2) is 4.96. The monoisotopic (exact) mass is 310 g/mol. The van der Waals surface area contributed by atoms with Gasteiger partial charge in [-0.15, -0.1) is 11.6 Å². The molecule has 0 radical (unpaired) electrons. The highest BCUT2D eigenvalue weighted by Crippen LogP contribution is 2.31. The molecule has 3 nitrogen and oxygen atoms in total. The number of aromatic nitrogens is 2. The van der Waals surface area contributed by atoms with Crippen LogP contribution in [0, 0.1) is 5.82 Å². The molecule has 0 aliphatic carbocycles. The lowest BCUT2D eigenvalue weighted by Crippen LogP contribution is -1.99. The molecule has 0 bridgehead atoms. The van der Waals surface area contributed by atoms with Crippen molar-refractivity contribution in [3.8, 4) is 0 Å². The summed E-state index contributed by atoms with van der Waals surface area (Å²) in [6, 6.07) is 9.76. The van der Waals surface area contributed by atoms with Gasteiger partial charge in [-0.1, -0.05) is 23.7 Å². The van der Waals surface area contributed by atoms with Crippen LogP contribution < -0.4 is 5.69 Å². The van der Waals surface area contributed by atoms with Crippen LogP contribution in [-0.2, 0) is 0 Å². The molecule has 1 aromatic heterocycles. The van der Waals surface area contributed by atoms with Crippen LogP contribution in [0.3, 0.4) is 0 Å². The third kappa shape index (κ3) is 2.32. The van der Waals surface area contributed by atoms with E-state index in [0.717, 1.165) is 5.56 Å². The Morgan fingerprint density at radius 3 is 2.40 bits per heavy atom. The van der Waals surface area contributed by atoms with Gasteiger partial charge < -0.3 is 9.97 Å². The van der Waals surface area contributed by atoms with Crippen molar-refractivity contribution < 1.29 is 4.39 Å². The largest absolute Gasteiger partial charge is 0.323 e. The molecule has 1 unspecified atom stereocenters. The van der Waals surface area contributed by atoms with Crippen LogP contribution in [0.2, 0.25) is 5.02 Å². The number of imidazole rings is 1. The van der Waals surface area contributed by atoms with Gasteiger partial charge in [0.2, 0.25) is 0 Å². The van der Waals surface area contributed by atoms with Gasteiger partial charge >= 0.3 is 5.69 Å². The van der Waals surface area contributed by atoms with Crippen LogP contribution in [-0.4, -0.2) is 9.97 Å². The fourth-order valence-corrected chi connectivity index (χ4v) is 2.46. The third-order valence-electron chi connectivity index (χ3n) is 3.07. The van der Waals surface area contributed by atoms with Crippen molar-refractivity contribution in [1.82, 2.24) is 9.97 Å². The number of aromatic amines is 2. The van der Waals surface area contributed by atoms with Gasteiger partial charge in [-0.2, -0.15) is 0 Å². The van der Waals surface area contributed by atoms with Crippen LogP contribution in [0.1, 0.15) is 16.5 Å². The number of hydrogen-bond donors (Lipinski definition) is 2. The highest BCUT2D eigenvalue weighted by Gasteiger charge is 2.14. The summed E-state index contributed by atoms with van der Waals surface area (Å²) in [6.45, 7) is 0. The van der Waals surface area contributed by atoms with E-state index < -0.39 is 11.2 Å². The molecule has 0 saturated heterocycles. The minimum atomic E-state index is -0.524. The van der Waals surface area contributed by atoms with E-state index in [1.807, 2.05) is 0 Å². The number of H-pyrrole nitrogens is 2. The Labute approximate surface area is 123 Å². The average Bonchev–Trinajstić information content (AvgIpc) is 2.80. The molecular formula is C14H9Cl2FN2O. The number of alkyl halides is 1. The normalized spacial score (nSPS) is 12.8. The maximum Gasteiger partial charge on any atom is 0.323 e. The predicted octanol–water partition coefficient (Wildman–Crippen LogP) is 3.98. The number of nitrogens with one attached hydrogen (secondary N) is 2. The van der Waals surface area contributed by atoms with Crippen molar-refractivity contribution in [3.05, 3.63) is 68.8 Å². The summed E-state index contributed by atoms with van der Waals surface area (Å²) >= 11 is 12.0. The van der Waals surface area contributed by atoms with Crippen molar-refractivity contribution in [2.45, 2.75) is 5.38 Å². The molecule has 0 amide bonds. The topological polar surface area (TPSA) is 48.6 Å².